The second kappa shape index (κ2) is 5.03. The monoisotopic (exact) mass is 258 g/mol. The van der Waals surface area contributed by atoms with Crippen LogP contribution < -0.4 is 10.5 Å². The standard InChI is InChI=1S/C11H18N2O3S/c1-7-4-5-10(12)9(3)11(7)17(15,16)13-8(2)6-14/h4-5,8,13-14H,6,12H2,1-3H3/t8-/m1/s1. The molecule has 0 aliphatic carbocycles. The van der Waals surface area contributed by atoms with E-state index in [9.17, 15) is 8.42 Å². The first-order valence-corrected chi connectivity index (χ1v) is 6.76. The second-order valence-corrected chi connectivity index (χ2v) is 5.78. The van der Waals surface area contributed by atoms with Crippen LogP contribution >= 0.6 is 0 Å². The molecule has 4 N–H and O–H groups in total. The van der Waals surface area contributed by atoms with E-state index in [0.717, 1.165) is 0 Å². The third-order valence-electron chi connectivity index (χ3n) is 2.54. The Labute approximate surface area is 102 Å². The van der Waals surface area contributed by atoms with E-state index in [1.807, 2.05) is 0 Å². The molecule has 5 nitrogen and oxygen atoms in total. The summed E-state index contributed by atoms with van der Waals surface area (Å²) >= 11 is 0. The van der Waals surface area contributed by atoms with Crippen LogP contribution in [-0.2, 0) is 10.0 Å². The average molecular weight is 258 g/mol. The van der Waals surface area contributed by atoms with Crippen LogP contribution in [0.2, 0.25) is 0 Å². The predicted molar refractivity (Wildman–Crippen MR) is 67.2 cm³/mol. The third kappa shape index (κ3) is 2.96. The lowest BCUT2D eigenvalue weighted by molar-refractivity contribution is 0.265. The Hall–Kier alpha value is -1.11. The summed E-state index contributed by atoms with van der Waals surface area (Å²) in [5.41, 5.74) is 7.31. The highest BCUT2D eigenvalue weighted by molar-refractivity contribution is 7.89. The molecule has 1 aromatic carbocycles. The first-order valence-electron chi connectivity index (χ1n) is 5.28. The quantitative estimate of drug-likeness (QED) is 0.687. The van der Waals surface area contributed by atoms with Crippen molar-refractivity contribution in [2.45, 2.75) is 31.7 Å². The molecule has 0 aromatic heterocycles. The molecule has 0 aliphatic rings. The van der Waals surface area contributed by atoms with E-state index in [1.165, 1.54) is 0 Å². The van der Waals surface area contributed by atoms with Crippen molar-refractivity contribution >= 4 is 15.7 Å². The van der Waals surface area contributed by atoms with E-state index in [1.54, 1.807) is 32.9 Å². The Morgan fingerprint density at radius 3 is 2.53 bits per heavy atom. The summed E-state index contributed by atoms with van der Waals surface area (Å²) in [6, 6.07) is 2.82. The first-order chi connectivity index (χ1) is 7.79. The van der Waals surface area contributed by atoms with E-state index in [4.69, 9.17) is 10.8 Å². The molecule has 1 aromatic rings. The number of sulfonamides is 1. The van der Waals surface area contributed by atoms with Gasteiger partial charge >= 0.3 is 0 Å². The van der Waals surface area contributed by atoms with Gasteiger partial charge in [-0.2, -0.15) is 0 Å². The topological polar surface area (TPSA) is 92.4 Å². The van der Waals surface area contributed by atoms with E-state index < -0.39 is 16.1 Å². The number of hydrogen-bond acceptors (Lipinski definition) is 4. The van der Waals surface area contributed by atoms with Crippen molar-refractivity contribution in [2.75, 3.05) is 12.3 Å². The number of nitrogen functional groups attached to an aromatic ring is 1. The fourth-order valence-corrected chi connectivity index (χ4v) is 3.35. The van der Waals surface area contributed by atoms with Crippen LogP contribution in [0.15, 0.2) is 17.0 Å². The van der Waals surface area contributed by atoms with Gasteiger partial charge in [-0.1, -0.05) is 6.07 Å². The van der Waals surface area contributed by atoms with Gasteiger partial charge in [0.1, 0.15) is 0 Å². The maximum Gasteiger partial charge on any atom is 0.241 e. The van der Waals surface area contributed by atoms with Crippen LogP contribution in [0.4, 0.5) is 5.69 Å². The lowest BCUT2D eigenvalue weighted by atomic mass is 10.1. The summed E-state index contributed by atoms with van der Waals surface area (Å²) in [7, 11) is -3.65. The van der Waals surface area contributed by atoms with Crippen LogP contribution in [0, 0.1) is 13.8 Å². The maximum absolute atomic E-state index is 12.1. The first kappa shape index (κ1) is 14.0. The maximum atomic E-state index is 12.1. The van der Waals surface area contributed by atoms with Gasteiger partial charge in [-0.3, -0.25) is 0 Å². The molecule has 1 atom stereocenters. The van der Waals surface area contributed by atoms with Gasteiger partial charge in [0.25, 0.3) is 0 Å². The van der Waals surface area contributed by atoms with Crippen LogP contribution in [0.25, 0.3) is 0 Å². The lowest BCUT2D eigenvalue weighted by Crippen LogP contribution is -2.35. The molecular formula is C11H18N2O3S. The number of rotatable bonds is 4. The Bertz CT molecular complexity index is 512. The minimum atomic E-state index is -3.65. The summed E-state index contributed by atoms with van der Waals surface area (Å²) in [5, 5.41) is 8.89. The molecule has 0 heterocycles. The molecule has 0 spiro atoms. The van der Waals surface area contributed by atoms with E-state index in [-0.39, 0.29) is 11.5 Å². The van der Waals surface area contributed by atoms with E-state index in [0.29, 0.717) is 16.8 Å². The van der Waals surface area contributed by atoms with Crippen LogP contribution in [0.1, 0.15) is 18.1 Å². The van der Waals surface area contributed by atoms with Crippen molar-refractivity contribution in [1.82, 2.24) is 4.72 Å². The number of hydrogen-bond donors (Lipinski definition) is 3. The van der Waals surface area contributed by atoms with Crippen LogP contribution in [0.5, 0.6) is 0 Å². The van der Waals surface area contributed by atoms with E-state index >= 15 is 0 Å². The van der Waals surface area contributed by atoms with Crippen molar-refractivity contribution in [3.63, 3.8) is 0 Å². The predicted octanol–water partition coefficient (Wildman–Crippen LogP) is 0.545. The zero-order valence-corrected chi connectivity index (χ0v) is 11.0. The van der Waals surface area contributed by atoms with Crippen molar-refractivity contribution in [3.8, 4) is 0 Å². The van der Waals surface area contributed by atoms with Gasteiger partial charge in [-0.05, 0) is 38.0 Å². The molecule has 0 saturated heterocycles. The molecule has 0 aliphatic heterocycles. The number of aliphatic hydroxyl groups excluding tert-OH is 1. The van der Waals surface area contributed by atoms with Gasteiger partial charge in [-0.15, -0.1) is 0 Å². The summed E-state index contributed by atoms with van der Waals surface area (Å²) in [6.45, 7) is 4.72. The van der Waals surface area contributed by atoms with Gasteiger partial charge < -0.3 is 10.8 Å². The molecule has 0 bridgehead atoms. The normalized spacial score (nSPS) is 13.6. The van der Waals surface area contributed by atoms with Crippen molar-refractivity contribution in [2.24, 2.45) is 0 Å². The van der Waals surface area contributed by atoms with Gasteiger partial charge in [0.05, 0.1) is 11.5 Å². The van der Waals surface area contributed by atoms with Crippen molar-refractivity contribution < 1.29 is 13.5 Å². The largest absolute Gasteiger partial charge is 0.398 e. The number of aryl methyl sites for hydroxylation is 1. The minimum Gasteiger partial charge on any atom is -0.398 e. The van der Waals surface area contributed by atoms with Crippen LogP contribution in [-0.4, -0.2) is 26.2 Å². The number of aliphatic hydroxyl groups is 1. The Morgan fingerprint density at radius 1 is 1.41 bits per heavy atom. The molecule has 1 rings (SSSR count). The Kier molecular flexibility index (Phi) is 4.13. The van der Waals surface area contributed by atoms with Gasteiger partial charge in [0, 0.05) is 11.7 Å². The summed E-state index contributed by atoms with van der Waals surface area (Å²) in [6.07, 6.45) is 0. The number of benzene rings is 1. The lowest BCUT2D eigenvalue weighted by Gasteiger charge is -2.16. The number of anilines is 1. The van der Waals surface area contributed by atoms with E-state index in [2.05, 4.69) is 4.72 Å². The molecule has 96 valence electrons. The van der Waals surface area contributed by atoms with Gasteiger partial charge in [0.2, 0.25) is 10.0 Å². The van der Waals surface area contributed by atoms with Gasteiger partial charge in [0.15, 0.2) is 0 Å². The molecule has 0 saturated carbocycles. The van der Waals surface area contributed by atoms with Gasteiger partial charge in [-0.25, -0.2) is 13.1 Å². The molecule has 6 heteroatoms. The summed E-state index contributed by atoms with van der Waals surface area (Å²) in [5.74, 6) is 0. The van der Waals surface area contributed by atoms with Crippen LogP contribution in [0.3, 0.4) is 0 Å². The average Bonchev–Trinajstić information content (AvgIpc) is 2.23. The fourth-order valence-electron chi connectivity index (χ4n) is 1.62. The second-order valence-electron chi connectivity index (χ2n) is 4.13. The minimum absolute atomic E-state index is 0.192. The number of nitrogens with two attached hydrogens (primary N) is 1. The fraction of sp³-hybridized carbons (Fsp3) is 0.455. The highest BCUT2D eigenvalue weighted by atomic mass is 32.2. The Balaban J connectivity index is 3.29. The molecule has 0 radical (unpaired) electrons. The SMILES string of the molecule is Cc1ccc(N)c(C)c1S(=O)(=O)N[C@H](C)CO. The molecule has 0 fully saturated rings. The van der Waals surface area contributed by atoms with Crippen molar-refractivity contribution in [3.05, 3.63) is 23.3 Å². The summed E-state index contributed by atoms with van der Waals surface area (Å²) in [4.78, 5) is 0.192. The molecular weight excluding hydrogens is 240 g/mol. The highest BCUT2D eigenvalue weighted by Crippen LogP contribution is 2.24. The van der Waals surface area contributed by atoms with Crippen molar-refractivity contribution in [1.29, 1.82) is 0 Å². The molecule has 0 unspecified atom stereocenters. The molecule has 0 amide bonds. The smallest absolute Gasteiger partial charge is 0.241 e. The number of nitrogens with one attached hydrogen (secondary N) is 1. The highest BCUT2D eigenvalue weighted by Gasteiger charge is 2.22. The molecule has 17 heavy (non-hydrogen) atoms. The Morgan fingerprint density at radius 2 is 2.00 bits per heavy atom. The zero-order valence-electron chi connectivity index (χ0n) is 10.2. The zero-order chi connectivity index (χ0) is 13.2. The summed E-state index contributed by atoms with van der Waals surface area (Å²) < 4.78 is 26.6. The third-order valence-corrected chi connectivity index (χ3v) is 4.42.